The smallest absolute Gasteiger partial charge is 0.311 e. The highest BCUT2D eigenvalue weighted by Crippen LogP contribution is 2.15. The molecule has 0 bridgehead atoms. The number of esters is 1. The van der Waals surface area contributed by atoms with Crippen molar-refractivity contribution in [2.45, 2.75) is 32.9 Å². The molecule has 1 aromatic carbocycles. The van der Waals surface area contributed by atoms with Crippen molar-refractivity contribution in [2.75, 3.05) is 25.0 Å². The first-order chi connectivity index (χ1) is 13.6. The first kappa shape index (κ1) is 20.7. The van der Waals surface area contributed by atoms with Crippen LogP contribution in [0.4, 0.5) is 5.69 Å². The molecule has 0 saturated carbocycles. The van der Waals surface area contributed by atoms with Gasteiger partial charge in [-0.15, -0.1) is 11.3 Å². The second kappa shape index (κ2) is 9.95. The number of nitrogens with one attached hydrogen (secondary N) is 2. The molecule has 1 amide bonds. The van der Waals surface area contributed by atoms with Crippen molar-refractivity contribution in [1.82, 2.24) is 4.57 Å². The predicted octanol–water partition coefficient (Wildman–Crippen LogP) is 2.28. The lowest BCUT2D eigenvalue weighted by Crippen LogP contribution is -3.12. The Labute approximate surface area is 174 Å². The van der Waals surface area contributed by atoms with Crippen molar-refractivity contribution < 1.29 is 19.2 Å². The first-order valence-electron chi connectivity index (χ1n) is 9.59. The number of hydrogen-bond acceptors (Lipinski definition) is 5. The van der Waals surface area contributed by atoms with E-state index in [-0.39, 0.29) is 24.2 Å². The summed E-state index contributed by atoms with van der Waals surface area (Å²) < 4.78 is 7.87. The van der Waals surface area contributed by atoms with E-state index < -0.39 is 0 Å². The predicted molar refractivity (Wildman–Crippen MR) is 112 cm³/mol. The standard InChI is InChI=1S/C20H25N3O3S2/c1-2-26-18(24)12-17-13-28-20(27)23(17)14-22-10-8-15(9-11-22)19(25)21-16-6-4-3-5-7-16/h3-7,13,15H,2,8-12,14H2,1H3,(H,21,25)/p+1. The number of carbonyl (C=O) groups is 2. The zero-order valence-electron chi connectivity index (χ0n) is 16.0. The molecule has 0 unspecified atom stereocenters. The van der Waals surface area contributed by atoms with E-state index in [0.29, 0.717) is 6.61 Å². The van der Waals surface area contributed by atoms with E-state index in [1.165, 1.54) is 16.2 Å². The highest BCUT2D eigenvalue weighted by molar-refractivity contribution is 7.73. The Morgan fingerprint density at radius 1 is 1.29 bits per heavy atom. The Balaban J connectivity index is 1.53. The third-order valence-electron chi connectivity index (χ3n) is 4.98. The molecule has 0 radical (unpaired) electrons. The summed E-state index contributed by atoms with van der Waals surface area (Å²) in [6.07, 6.45) is 1.94. The number of benzene rings is 1. The van der Waals surface area contributed by atoms with Crippen molar-refractivity contribution in [3.8, 4) is 0 Å². The number of hydrogen-bond donors (Lipinski definition) is 2. The average molecular weight is 421 g/mol. The molecular weight excluding hydrogens is 394 g/mol. The van der Waals surface area contributed by atoms with Crippen LogP contribution in [0, 0.1) is 9.87 Å². The normalized spacial score (nSPS) is 19.2. The van der Waals surface area contributed by atoms with Crippen molar-refractivity contribution >= 4 is 41.1 Å². The maximum atomic E-state index is 12.5. The van der Waals surface area contributed by atoms with Crippen LogP contribution >= 0.6 is 23.6 Å². The lowest BCUT2D eigenvalue weighted by Gasteiger charge is -2.29. The van der Waals surface area contributed by atoms with Gasteiger partial charge < -0.3 is 15.0 Å². The highest BCUT2D eigenvalue weighted by atomic mass is 32.1. The second-order valence-corrected chi connectivity index (χ2v) is 8.44. The molecule has 8 heteroatoms. The number of thiazole rings is 1. The third-order valence-corrected chi connectivity index (χ3v) is 6.30. The van der Waals surface area contributed by atoms with Gasteiger partial charge in [-0.05, 0) is 31.3 Å². The molecule has 0 spiro atoms. The van der Waals surface area contributed by atoms with Gasteiger partial charge in [0.25, 0.3) is 0 Å². The van der Waals surface area contributed by atoms with Crippen LogP contribution < -0.4 is 10.2 Å². The molecule has 0 atom stereocenters. The van der Waals surface area contributed by atoms with E-state index in [4.69, 9.17) is 17.0 Å². The summed E-state index contributed by atoms with van der Waals surface area (Å²) in [6.45, 7) is 4.73. The van der Waals surface area contributed by atoms with E-state index in [1.807, 2.05) is 40.3 Å². The van der Waals surface area contributed by atoms with Gasteiger partial charge in [0, 0.05) is 35.5 Å². The molecule has 2 aromatic rings. The average Bonchev–Trinajstić information content (AvgIpc) is 3.03. The molecule has 1 aliphatic heterocycles. The summed E-state index contributed by atoms with van der Waals surface area (Å²) >= 11 is 6.93. The SMILES string of the molecule is CCOC(=O)Cc1csc(=S)n1C[NH+]1CCC(C(=O)Nc2ccccc2)CC1. The molecule has 2 heterocycles. The van der Waals surface area contributed by atoms with Crippen LogP contribution in [0.3, 0.4) is 0 Å². The lowest BCUT2D eigenvalue weighted by atomic mass is 9.96. The van der Waals surface area contributed by atoms with Gasteiger partial charge in [-0.1, -0.05) is 18.2 Å². The van der Waals surface area contributed by atoms with Gasteiger partial charge >= 0.3 is 5.97 Å². The monoisotopic (exact) mass is 420 g/mol. The fourth-order valence-electron chi connectivity index (χ4n) is 3.46. The largest absolute Gasteiger partial charge is 0.466 e. The number of ether oxygens (including phenoxy) is 1. The molecule has 2 N–H and O–H groups in total. The number of carbonyl (C=O) groups excluding carboxylic acids is 2. The molecule has 3 rings (SSSR count). The number of para-hydroxylation sites is 1. The quantitative estimate of drug-likeness (QED) is 0.533. The summed E-state index contributed by atoms with van der Waals surface area (Å²) in [5.41, 5.74) is 1.75. The van der Waals surface area contributed by atoms with E-state index >= 15 is 0 Å². The maximum Gasteiger partial charge on any atom is 0.311 e. The van der Waals surface area contributed by atoms with E-state index in [2.05, 4.69) is 5.32 Å². The van der Waals surface area contributed by atoms with Crippen molar-refractivity contribution in [3.05, 3.63) is 45.4 Å². The Morgan fingerprint density at radius 3 is 2.68 bits per heavy atom. The fourth-order valence-corrected chi connectivity index (χ4v) is 4.54. The van der Waals surface area contributed by atoms with Gasteiger partial charge in [-0.3, -0.25) is 14.2 Å². The van der Waals surface area contributed by atoms with Crippen molar-refractivity contribution in [2.24, 2.45) is 5.92 Å². The number of amides is 1. The number of rotatable bonds is 7. The zero-order valence-corrected chi connectivity index (χ0v) is 17.6. The summed E-state index contributed by atoms with van der Waals surface area (Å²) in [5.74, 6) is -0.0888. The Kier molecular flexibility index (Phi) is 7.36. The van der Waals surface area contributed by atoms with E-state index in [0.717, 1.165) is 47.9 Å². The van der Waals surface area contributed by atoms with Crippen molar-refractivity contribution in [3.63, 3.8) is 0 Å². The van der Waals surface area contributed by atoms with Crippen LogP contribution in [-0.4, -0.2) is 36.1 Å². The zero-order chi connectivity index (χ0) is 19.9. The second-order valence-electron chi connectivity index (χ2n) is 6.94. The van der Waals surface area contributed by atoms with E-state index in [9.17, 15) is 9.59 Å². The molecule has 1 saturated heterocycles. The molecule has 1 aliphatic rings. The topological polar surface area (TPSA) is 64.8 Å². The minimum atomic E-state index is -0.227. The Bertz CT molecular complexity index is 855. The summed E-state index contributed by atoms with van der Waals surface area (Å²) in [5, 5.41) is 4.95. The van der Waals surface area contributed by atoms with Gasteiger partial charge in [0.05, 0.1) is 26.1 Å². The fraction of sp³-hybridized carbons (Fsp3) is 0.450. The lowest BCUT2D eigenvalue weighted by molar-refractivity contribution is -0.928. The number of quaternary nitrogens is 1. The van der Waals surface area contributed by atoms with Gasteiger partial charge in [-0.25, -0.2) is 0 Å². The van der Waals surface area contributed by atoms with Crippen LogP contribution in [0.25, 0.3) is 0 Å². The molecule has 6 nitrogen and oxygen atoms in total. The molecular formula is C20H26N3O3S2+. The van der Waals surface area contributed by atoms with Gasteiger partial charge in [-0.2, -0.15) is 0 Å². The number of piperidine rings is 1. The summed E-state index contributed by atoms with van der Waals surface area (Å²) in [7, 11) is 0. The van der Waals surface area contributed by atoms with Gasteiger partial charge in [0.2, 0.25) is 5.91 Å². The van der Waals surface area contributed by atoms with Gasteiger partial charge in [0.15, 0.2) is 10.6 Å². The number of aromatic nitrogens is 1. The Morgan fingerprint density at radius 2 is 2.00 bits per heavy atom. The number of anilines is 1. The minimum absolute atomic E-state index is 0.0402. The van der Waals surface area contributed by atoms with E-state index in [1.54, 1.807) is 6.92 Å². The van der Waals surface area contributed by atoms with Crippen LogP contribution in [0.2, 0.25) is 0 Å². The molecule has 1 fully saturated rings. The molecule has 0 aliphatic carbocycles. The molecule has 1 aromatic heterocycles. The van der Waals surface area contributed by atoms with Crippen LogP contribution in [0.15, 0.2) is 35.7 Å². The van der Waals surface area contributed by atoms with Gasteiger partial charge in [0.1, 0.15) is 0 Å². The third kappa shape index (κ3) is 5.50. The molecule has 28 heavy (non-hydrogen) atoms. The molecule has 150 valence electrons. The highest BCUT2D eigenvalue weighted by Gasteiger charge is 2.28. The van der Waals surface area contributed by atoms with Crippen LogP contribution in [0.5, 0.6) is 0 Å². The summed E-state index contributed by atoms with van der Waals surface area (Å²) in [4.78, 5) is 25.7. The van der Waals surface area contributed by atoms with Crippen LogP contribution in [-0.2, 0) is 27.4 Å². The Hall–Kier alpha value is -2.03. The maximum absolute atomic E-state index is 12.5. The first-order valence-corrected chi connectivity index (χ1v) is 10.9. The number of nitrogens with zero attached hydrogens (tertiary/aromatic N) is 1. The van der Waals surface area contributed by atoms with Crippen LogP contribution in [0.1, 0.15) is 25.5 Å². The minimum Gasteiger partial charge on any atom is -0.466 e. The summed E-state index contributed by atoms with van der Waals surface area (Å²) in [6, 6.07) is 9.58. The van der Waals surface area contributed by atoms with Crippen molar-refractivity contribution in [1.29, 1.82) is 0 Å². The number of likely N-dealkylation sites (tertiary alicyclic amines) is 1.